The van der Waals surface area contributed by atoms with E-state index in [4.69, 9.17) is 16.7 Å². The maximum Gasteiger partial charge on any atom is 0.138 e. The van der Waals surface area contributed by atoms with Gasteiger partial charge in [0.15, 0.2) is 0 Å². The number of carbonyl (C=O) groups is 1. The molecule has 0 aliphatic rings. The number of carbonyl (C=O) groups excluding carboxylic acids is 1. The topological polar surface area (TPSA) is 40.5 Å². The third-order valence-corrected chi connectivity index (χ3v) is 3.55. The number of aliphatic hydroxyl groups excluding tert-OH is 1. The predicted molar refractivity (Wildman–Crippen MR) is 78.7 cm³/mol. The van der Waals surface area contributed by atoms with Gasteiger partial charge in [-0.3, -0.25) is 9.69 Å². The number of hydrogen-bond donors (Lipinski definition) is 1. The Morgan fingerprint density at radius 1 is 1.32 bits per heavy atom. The number of Topliss-reactive ketones (excluding diaryl/α,β-unsaturated/α-hetero) is 1. The van der Waals surface area contributed by atoms with Crippen LogP contribution in [0.1, 0.15) is 32.3 Å². The van der Waals surface area contributed by atoms with Crippen LogP contribution < -0.4 is 0 Å². The van der Waals surface area contributed by atoms with E-state index in [0.717, 1.165) is 5.56 Å². The molecule has 1 aromatic carbocycles. The molecule has 4 heteroatoms. The van der Waals surface area contributed by atoms with E-state index in [1.165, 1.54) is 0 Å². The van der Waals surface area contributed by atoms with Crippen molar-refractivity contribution >= 4 is 17.4 Å². The molecule has 3 nitrogen and oxygen atoms in total. The minimum Gasteiger partial charge on any atom is -0.395 e. The van der Waals surface area contributed by atoms with E-state index >= 15 is 0 Å². The highest BCUT2D eigenvalue weighted by Gasteiger charge is 2.21. The fraction of sp³-hybridized carbons (Fsp3) is 0.533. The molecular weight excluding hydrogens is 262 g/mol. The van der Waals surface area contributed by atoms with Crippen molar-refractivity contribution in [1.29, 1.82) is 0 Å². The first-order valence-corrected chi connectivity index (χ1v) is 6.94. The molecule has 0 saturated carbocycles. The average Bonchev–Trinajstić information content (AvgIpc) is 2.35. The lowest BCUT2D eigenvalue weighted by Crippen LogP contribution is -2.38. The molecule has 0 heterocycles. The summed E-state index contributed by atoms with van der Waals surface area (Å²) in [6.07, 6.45) is 0. The van der Waals surface area contributed by atoms with Gasteiger partial charge in [0.2, 0.25) is 0 Å². The zero-order valence-electron chi connectivity index (χ0n) is 11.8. The summed E-state index contributed by atoms with van der Waals surface area (Å²) >= 11 is 5.87. The summed E-state index contributed by atoms with van der Waals surface area (Å²) < 4.78 is 0. The summed E-state index contributed by atoms with van der Waals surface area (Å²) in [6.45, 7) is 7.04. The Labute approximate surface area is 120 Å². The lowest BCUT2D eigenvalue weighted by molar-refractivity contribution is -0.119. The third-order valence-electron chi connectivity index (χ3n) is 3.30. The van der Waals surface area contributed by atoms with Gasteiger partial charge in [-0.2, -0.15) is 0 Å². The first kappa shape index (κ1) is 16.2. The fourth-order valence-corrected chi connectivity index (χ4v) is 2.21. The van der Waals surface area contributed by atoms with Crippen molar-refractivity contribution in [1.82, 2.24) is 4.90 Å². The predicted octanol–water partition coefficient (Wildman–Crippen LogP) is 2.72. The van der Waals surface area contributed by atoms with Crippen LogP contribution in [0.25, 0.3) is 0 Å². The van der Waals surface area contributed by atoms with Crippen LogP contribution in [0.2, 0.25) is 5.02 Å². The monoisotopic (exact) mass is 283 g/mol. The Balaban J connectivity index is 2.88. The maximum absolute atomic E-state index is 11.9. The summed E-state index contributed by atoms with van der Waals surface area (Å²) in [5, 5.41) is 9.77. The minimum atomic E-state index is -0.175. The largest absolute Gasteiger partial charge is 0.395 e. The first-order valence-electron chi connectivity index (χ1n) is 6.56. The van der Waals surface area contributed by atoms with Gasteiger partial charge in [-0.05, 0) is 38.5 Å². The lowest BCUT2D eigenvalue weighted by atomic mass is 9.94. The highest BCUT2D eigenvalue weighted by Crippen LogP contribution is 2.21. The standard InChI is InChI=1S/C15H22ClNO2/c1-11(2)17(8-9-18)10-15(12(3)19)13-4-6-14(16)7-5-13/h4-7,11,15,18H,8-10H2,1-3H3/t15-/m0/s1. The van der Waals surface area contributed by atoms with E-state index in [1.54, 1.807) is 19.1 Å². The quantitative estimate of drug-likeness (QED) is 0.836. The summed E-state index contributed by atoms with van der Waals surface area (Å²) in [7, 11) is 0. The van der Waals surface area contributed by atoms with Crippen molar-refractivity contribution in [3.8, 4) is 0 Å². The number of aliphatic hydroxyl groups is 1. The van der Waals surface area contributed by atoms with Gasteiger partial charge in [0.25, 0.3) is 0 Å². The van der Waals surface area contributed by atoms with Crippen LogP contribution in [0.5, 0.6) is 0 Å². The second-order valence-corrected chi connectivity index (χ2v) is 5.46. The van der Waals surface area contributed by atoms with Crippen molar-refractivity contribution in [2.45, 2.75) is 32.7 Å². The van der Waals surface area contributed by atoms with Crippen molar-refractivity contribution in [3.05, 3.63) is 34.9 Å². The molecule has 0 bridgehead atoms. The second kappa shape index (κ2) is 7.63. The van der Waals surface area contributed by atoms with Crippen molar-refractivity contribution < 1.29 is 9.90 Å². The molecule has 0 aliphatic carbocycles. The van der Waals surface area contributed by atoms with Crippen LogP contribution in [0, 0.1) is 0 Å². The van der Waals surface area contributed by atoms with Crippen LogP contribution in [0.3, 0.4) is 0 Å². The Morgan fingerprint density at radius 3 is 2.32 bits per heavy atom. The average molecular weight is 284 g/mol. The smallest absolute Gasteiger partial charge is 0.138 e. The normalized spacial score (nSPS) is 13.0. The molecule has 0 spiro atoms. The van der Waals surface area contributed by atoms with E-state index in [-0.39, 0.29) is 18.3 Å². The SMILES string of the molecule is CC(=O)[C@H](CN(CCO)C(C)C)c1ccc(Cl)cc1. The lowest BCUT2D eigenvalue weighted by Gasteiger charge is -2.29. The molecule has 19 heavy (non-hydrogen) atoms. The Kier molecular flexibility index (Phi) is 6.49. The van der Waals surface area contributed by atoms with Crippen LogP contribution in [0.4, 0.5) is 0 Å². The molecule has 0 aromatic heterocycles. The molecule has 1 rings (SSSR count). The van der Waals surface area contributed by atoms with Crippen LogP contribution in [0.15, 0.2) is 24.3 Å². The Morgan fingerprint density at radius 2 is 1.89 bits per heavy atom. The van der Waals surface area contributed by atoms with Crippen LogP contribution in [-0.2, 0) is 4.79 Å². The zero-order chi connectivity index (χ0) is 14.4. The van der Waals surface area contributed by atoms with E-state index in [1.807, 2.05) is 12.1 Å². The highest BCUT2D eigenvalue weighted by molar-refractivity contribution is 6.30. The van der Waals surface area contributed by atoms with Crippen LogP contribution >= 0.6 is 11.6 Å². The van der Waals surface area contributed by atoms with Gasteiger partial charge >= 0.3 is 0 Å². The summed E-state index contributed by atoms with van der Waals surface area (Å²) in [4.78, 5) is 14.0. The van der Waals surface area contributed by atoms with Gasteiger partial charge in [0, 0.05) is 24.2 Å². The molecule has 1 aromatic rings. The molecular formula is C15H22ClNO2. The van der Waals surface area contributed by atoms with Crippen molar-refractivity contribution in [2.75, 3.05) is 19.7 Å². The summed E-state index contributed by atoms with van der Waals surface area (Å²) in [5.41, 5.74) is 0.973. The first-order chi connectivity index (χ1) is 8.95. The van der Waals surface area contributed by atoms with Gasteiger partial charge < -0.3 is 5.11 Å². The van der Waals surface area contributed by atoms with E-state index < -0.39 is 0 Å². The van der Waals surface area contributed by atoms with Crippen molar-refractivity contribution in [3.63, 3.8) is 0 Å². The zero-order valence-corrected chi connectivity index (χ0v) is 12.5. The van der Waals surface area contributed by atoms with Crippen LogP contribution in [-0.4, -0.2) is 41.5 Å². The molecule has 1 atom stereocenters. The fourth-order valence-electron chi connectivity index (χ4n) is 2.09. The van der Waals surface area contributed by atoms with Gasteiger partial charge in [-0.1, -0.05) is 23.7 Å². The maximum atomic E-state index is 11.9. The molecule has 0 saturated heterocycles. The number of benzene rings is 1. The molecule has 0 radical (unpaired) electrons. The second-order valence-electron chi connectivity index (χ2n) is 5.03. The number of hydrogen-bond acceptors (Lipinski definition) is 3. The number of nitrogens with zero attached hydrogens (tertiary/aromatic N) is 1. The number of halogens is 1. The van der Waals surface area contributed by atoms with E-state index in [9.17, 15) is 4.79 Å². The van der Waals surface area contributed by atoms with Gasteiger partial charge in [0.05, 0.1) is 12.5 Å². The van der Waals surface area contributed by atoms with Gasteiger partial charge in [0.1, 0.15) is 5.78 Å². The van der Waals surface area contributed by atoms with Gasteiger partial charge in [-0.25, -0.2) is 0 Å². The van der Waals surface area contributed by atoms with Crippen molar-refractivity contribution in [2.24, 2.45) is 0 Å². The minimum absolute atomic E-state index is 0.101. The molecule has 0 unspecified atom stereocenters. The molecule has 1 N–H and O–H groups in total. The van der Waals surface area contributed by atoms with E-state index in [0.29, 0.717) is 24.2 Å². The van der Waals surface area contributed by atoms with Gasteiger partial charge in [-0.15, -0.1) is 0 Å². The highest BCUT2D eigenvalue weighted by atomic mass is 35.5. The summed E-state index contributed by atoms with van der Waals surface area (Å²) in [6, 6.07) is 7.69. The molecule has 0 fully saturated rings. The molecule has 0 aliphatic heterocycles. The Hall–Kier alpha value is -0.900. The molecule has 106 valence electrons. The van der Waals surface area contributed by atoms with E-state index in [2.05, 4.69) is 18.7 Å². The number of ketones is 1. The summed E-state index contributed by atoms with van der Waals surface area (Å²) in [5.74, 6) is -0.0443. The molecule has 0 amide bonds. The Bertz CT molecular complexity index is 403. The third kappa shape index (κ3) is 4.94. The number of rotatable bonds is 7.